The molecule has 1 aromatic carbocycles. The molecule has 1 aromatic rings. The molecule has 118 valence electrons. The third kappa shape index (κ3) is 4.29. The Bertz CT molecular complexity index is 441. The molecule has 0 aromatic heterocycles. The van der Waals surface area contributed by atoms with Crippen LogP contribution in [0.25, 0.3) is 0 Å². The summed E-state index contributed by atoms with van der Waals surface area (Å²) in [7, 11) is 0. The van der Waals surface area contributed by atoms with Gasteiger partial charge in [-0.15, -0.1) is 0 Å². The van der Waals surface area contributed by atoms with Crippen LogP contribution in [0.2, 0.25) is 0 Å². The summed E-state index contributed by atoms with van der Waals surface area (Å²) in [6.07, 6.45) is 7.14. The van der Waals surface area contributed by atoms with Gasteiger partial charge < -0.3 is 5.32 Å². The van der Waals surface area contributed by atoms with Crippen molar-refractivity contribution in [1.82, 2.24) is 5.32 Å². The molecule has 2 unspecified atom stereocenters. The van der Waals surface area contributed by atoms with Crippen LogP contribution in [-0.4, -0.2) is 12.6 Å². The Morgan fingerprint density at radius 3 is 2.71 bits per heavy atom. The van der Waals surface area contributed by atoms with E-state index in [4.69, 9.17) is 0 Å². The summed E-state index contributed by atoms with van der Waals surface area (Å²) in [5, 5.41) is 3.70. The minimum Gasteiger partial charge on any atom is -0.313 e. The fraction of sp³-hybridized carbons (Fsp3) is 0.684. The van der Waals surface area contributed by atoms with Crippen molar-refractivity contribution >= 4 is 0 Å². The molecule has 0 saturated heterocycles. The lowest BCUT2D eigenvalue weighted by Gasteiger charge is -2.44. The van der Waals surface area contributed by atoms with Crippen molar-refractivity contribution in [2.24, 2.45) is 11.3 Å². The topological polar surface area (TPSA) is 12.0 Å². The molecule has 2 atom stereocenters. The lowest BCUT2D eigenvalue weighted by molar-refractivity contribution is 0.0978. The molecule has 1 fully saturated rings. The molecule has 0 heterocycles. The minimum absolute atomic E-state index is 0.0607. The van der Waals surface area contributed by atoms with Gasteiger partial charge in [0.15, 0.2) is 0 Å². The normalized spacial score (nSPS) is 23.0. The molecular formula is C19H30FN. The van der Waals surface area contributed by atoms with Gasteiger partial charge in [-0.3, -0.25) is 0 Å². The lowest BCUT2D eigenvalue weighted by atomic mass is 9.65. The molecule has 1 aliphatic carbocycles. The van der Waals surface area contributed by atoms with Gasteiger partial charge in [-0.25, -0.2) is 4.39 Å². The Balaban J connectivity index is 2.15. The van der Waals surface area contributed by atoms with Gasteiger partial charge in [0.1, 0.15) is 5.82 Å². The molecule has 2 heteroatoms. The summed E-state index contributed by atoms with van der Waals surface area (Å²) in [6.45, 7) is 7.99. The highest BCUT2D eigenvalue weighted by Gasteiger charge is 2.37. The Hall–Kier alpha value is -0.890. The average Bonchev–Trinajstić information content (AvgIpc) is 2.45. The first kappa shape index (κ1) is 16.5. The highest BCUT2D eigenvalue weighted by molar-refractivity contribution is 5.19. The molecule has 0 radical (unpaired) electrons. The standard InChI is InChI=1S/C19H30FN/c1-4-13-21-18(14-15-9-5-6-11-17(15)20)16-10-7-8-12-19(16,2)3/h5-6,9,11,16,18,21H,4,7-8,10,12-14H2,1-3H3. The summed E-state index contributed by atoms with van der Waals surface area (Å²) >= 11 is 0. The first-order valence-corrected chi connectivity index (χ1v) is 8.51. The zero-order valence-electron chi connectivity index (χ0n) is 13.8. The van der Waals surface area contributed by atoms with Crippen molar-refractivity contribution in [1.29, 1.82) is 0 Å². The molecular weight excluding hydrogens is 261 g/mol. The maximum Gasteiger partial charge on any atom is 0.126 e. The van der Waals surface area contributed by atoms with Crippen LogP contribution >= 0.6 is 0 Å². The lowest BCUT2D eigenvalue weighted by Crippen LogP contribution is -2.46. The summed E-state index contributed by atoms with van der Waals surface area (Å²) < 4.78 is 14.0. The van der Waals surface area contributed by atoms with Crippen LogP contribution in [0.1, 0.15) is 58.4 Å². The molecule has 1 aliphatic rings. The number of halogens is 1. The van der Waals surface area contributed by atoms with Crippen molar-refractivity contribution in [2.45, 2.75) is 65.3 Å². The van der Waals surface area contributed by atoms with E-state index in [1.54, 1.807) is 12.1 Å². The van der Waals surface area contributed by atoms with Crippen LogP contribution in [-0.2, 0) is 6.42 Å². The largest absolute Gasteiger partial charge is 0.313 e. The van der Waals surface area contributed by atoms with E-state index in [2.05, 4.69) is 26.1 Å². The fourth-order valence-corrected chi connectivity index (χ4v) is 3.85. The first-order valence-electron chi connectivity index (χ1n) is 8.51. The third-order valence-corrected chi connectivity index (χ3v) is 5.13. The third-order valence-electron chi connectivity index (χ3n) is 5.13. The predicted molar refractivity (Wildman–Crippen MR) is 87.9 cm³/mol. The van der Waals surface area contributed by atoms with Crippen molar-refractivity contribution in [2.75, 3.05) is 6.54 Å². The molecule has 0 spiro atoms. The highest BCUT2D eigenvalue weighted by Crippen LogP contribution is 2.43. The summed E-state index contributed by atoms with van der Waals surface area (Å²) in [5.74, 6) is 0.576. The number of hydrogen-bond acceptors (Lipinski definition) is 1. The van der Waals surface area contributed by atoms with Crippen LogP contribution in [0.4, 0.5) is 4.39 Å². The monoisotopic (exact) mass is 291 g/mol. The fourth-order valence-electron chi connectivity index (χ4n) is 3.85. The van der Waals surface area contributed by atoms with E-state index >= 15 is 0 Å². The van der Waals surface area contributed by atoms with E-state index < -0.39 is 0 Å². The maximum absolute atomic E-state index is 14.0. The SMILES string of the molecule is CCCNC(Cc1ccccc1F)C1CCCCC1(C)C. The van der Waals surface area contributed by atoms with Gasteiger partial charge >= 0.3 is 0 Å². The van der Waals surface area contributed by atoms with Gasteiger partial charge in [0.25, 0.3) is 0 Å². The molecule has 0 bridgehead atoms. The smallest absolute Gasteiger partial charge is 0.126 e. The molecule has 1 saturated carbocycles. The number of benzene rings is 1. The van der Waals surface area contributed by atoms with Gasteiger partial charge in [0.2, 0.25) is 0 Å². The Labute approximate surface area is 129 Å². The van der Waals surface area contributed by atoms with Gasteiger partial charge in [-0.2, -0.15) is 0 Å². The van der Waals surface area contributed by atoms with Crippen molar-refractivity contribution in [3.05, 3.63) is 35.6 Å². The summed E-state index contributed by atoms with van der Waals surface area (Å²) in [4.78, 5) is 0. The van der Waals surface area contributed by atoms with E-state index in [1.165, 1.54) is 25.7 Å². The van der Waals surface area contributed by atoms with Gasteiger partial charge in [0.05, 0.1) is 0 Å². The maximum atomic E-state index is 14.0. The average molecular weight is 291 g/mol. The van der Waals surface area contributed by atoms with E-state index in [-0.39, 0.29) is 5.82 Å². The first-order chi connectivity index (χ1) is 10.0. The summed E-state index contributed by atoms with van der Waals surface area (Å²) in [6, 6.07) is 7.63. The molecule has 1 nitrogen and oxygen atoms in total. The van der Waals surface area contributed by atoms with E-state index in [9.17, 15) is 4.39 Å². The Kier molecular flexibility index (Phi) is 5.80. The molecule has 0 aliphatic heterocycles. The second kappa shape index (κ2) is 7.40. The Morgan fingerprint density at radius 1 is 1.29 bits per heavy atom. The van der Waals surface area contributed by atoms with E-state index in [0.29, 0.717) is 17.4 Å². The van der Waals surface area contributed by atoms with Gasteiger partial charge in [-0.1, -0.05) is 51.8 Å². The van der Waals surface area contributed by atoms with Crippen LogP contribution < -0.4 is 5.32 Å². The van der Waals surface area contributed by atoms with Gasteiger partial charge in [0, 0.05) is 6.04 Å². The van der Waals surface area contributed by atoms with E-state index in [1.807, 2.05) is 12.1 Å². The number of rotatable bonds is 6. The van der Waals surface area contributed by atoms with Gasteiger partial charge in [-0.05, 0) is 55.2 Å². The van der Waals surface area contributed by atoms with Crippen LogP contribution in [0.3, 0.4) is 0 Å². The van der Waals surface area contributed by atoms with E-state index in [0.717, 1.165) is 24.9 Å². The van der Waals surface area contributed by atoms with Crippen LogP contribution in [0, 0.1) is 17.2 Å². The Morgan fingerprint density at radius 2 is 2.05 bits per heavy atom. The quantitative estimate of drug-likeness (QED) is 0.781. The zero-order chi connectivity index (χ0) is 15.3. The summed E-state index contributed by atoms with van der Waals surface area (Å²) in [5.41, 5.74) is 1.21. The van der Waals surface area contributed by atoms with Crippen molar-refractivity contribution in [3.63, 3.8) is 0 Å². The number of nitrogens with one attached hydrogen (secondary N) is 1. The van der Waals surface area contributed by atoms with Crippen LogP contribution in [0.5, 0.6) is 0 Å². The zero-order valence-corrected chi connectivity index (χ0v) is 13.8. The molecule has 2 rings (SSSR count). The number of hydrogen-bond donors (Lipinski definition) is 1. The highest BCUT2D eigenvalue weighted by atomic mass is 19.1. The van der Waals surface area contributed by atoms with Crippen molar-refractivity contribution < 1.29 is 4.39 Å². The second-order valence-electron chi connectivity index (χ2n) is 7.20. The van der Waals surface area contributed by atoms with Crippen molar-refractivity contribution in [3.8, 4) is 0 Å². The second-order valence-corrected chi connectivity index (χ2v) is 7.20. The predicted octanol–water partition coefficient (Wildman–Crippen LogP) is 4.95. The van der Waals surface area contributed by atoms with Crippen LogP contribution in [0.15, 0.2) is 24.3 Å². The molecule has 1 N–H and O–H groups in total. The molecule has 0 amide bonds. The molecule has 21 heavy (non-hydrogen) atoms. The minimum atomic E-state index is -0.0607.